The van der Waals surface area contributed by atoms with Gasteiger partial charge in [-0.2, -0.15) is 0 Å². The molecule has 21 heavy (non-hydrogen) atoms. The molecule has 1 aromatic carbocycles. The van der Waals surface area contributed by atoms with Crippen LogP contribution in [-0.4, -0.2) is 14.3 Å². The lowest BCUT2D eigenvalue weighted by Crippen LogP contribution is -2.01. The maximum atomic E-state index is 11.2. The minimum Gasteiger partial charge on any atom is -0.294 e. The number of benzene rings is 1. The van der Waals surface area contributed by atoms with Crippen molar-refractivity contribution in [3.05, 3.63) is 51.1 Å². The van der Waals surface area contributed by atoms with Gasteiger partial charge in [-0.25, -0.2) is 4.98 Å². The molecular formula is C15H13N3O2S. The van der Waals surface area contributed by atoms with E-state index < -0.39 is 0 Å². The van der Waals surface area contributed by atoms with Crippen LogP contribution in [-0.2, 0) is 12.8 Å². The van der Waals surface area contributed by atoms with E-state index in [1.165, 1.54) is 29.5 Å². The Balaban J connectivity index is 1.88. The number of aryl methyl sites for hydroxylation is 2. The molecule has 4 rings (SSSR count). The molecule has 0 radical (unpaired) electrons. The number of hydrogen-bond donors (Lipinski definition) is 0. The first kappa shape index (κ1) is 12.5. The van der Waals surface area contributed by atoms with E-state index in [-0.39, 0.29) is 10.6 Å². The zero-order valence-electron chi connectivity index (χ0n) is 11.3. The van der Waals surface area contributed by atoms with Gasteiger partial charge in [0.25, 0.3) is 5.69 Å². The summed E-state index contributed by atoms with van der Waals surface area (Å²) < 4.78 is 2.12. The summed E-state index contributed by atoms with van der Waals surface area (Å²) in [7, 11) is 0. The van der Waals surface area contributed by atoms with Crippen LogP contribution in [0.1, 0.15) is 23.4 Å². The lowest BCUT2D eigenvalue weighted by Gasteiger charge is -2.09. The van der Waals surface area contributed by atoms with Crippen molar-refractivity contribution < 1.29 is 4.92 Å². The Kier molecular flexibility index (Phi) is 2.78. The summed E-state index contributed by atoms with van der Waals surface area (Å²) in [5.41, 5.74) is 2.71. The highest BCUT2D eigenvalue weighted by Crippen LogP contribution is 2.34. The Hall–Kier alpha value is -2.21. The summed E-state index contributed by atoms with van der Waals surface area (Å²) in [5.74, 6) is 0. The molecule has 0 unspecified atom stereocenters. The molecule has 1 aliphatic carbocycles. The van der Waals surface area contributed by atoms with Crippen molar-refractivity contribution in [1.82, 2.24) is 9.38 Å². The van der Waals surface area contributed by atoms with Gasteiger partial charge < -0.3 is 0 Å². The van der Waals surface area contributed by atoms with Gasteiger partial charge in [-0.15, -0.1) is 11.3 Å². The number of imidazole rings is 1. The highest BCUT2D eigenvalue weighted by atomic mass is 32.1. The second kappa shape index (κ2) is 4.66. The zero-order valence-corrected chi connectivity index (χ0v) is 12.1. The molecule has 0 atom stereocenters. The van der Waals surface area contributed by atoms with Crippen LogP contribution >= 0.6 is 11.3 Å². The standard InChI is InChI=1S/C15H13N3O2S/c19-18(20)12-6-2-1-5-10(12)11-9-17-13-7-3-4-8-14(13)21-15(17)16-11/h1-2,5-6,9H,3-4,7-8H2. The third-order valence-electron chi connectivity index (χ3n) is 3.94. The molecule has 0 bridgehead atoms. The summed E-state index contributed by atoms with van der Waals surface area (Å²) in [5, 5.41) is 11.2. The van der Waals surface area contributed by atoms with E-state index in [9.17, 15) is 10.1 Å². The summed E-state index contributed by atoms with van der Waals surface area (Å²) in [6.45, 7) is 0. The van der Waals surface area contributed by atoms with E-state index >= 15 is 0 Å². The molecular weight excluding hydrogens is 286 g/mol. The van der Waals surface area contributed by atoms with Gasteiger partial charge in [-0.3, -0.25) is 14.5 Å². The Morgan fingerprint density at radius 1 is 1.24 bits per heavy atom. The summed E-state index contributed by atoms with van der Waals surface area (Å²) in [4.78, 5) is 17.8. The van der Waals surface area contributed by atoms with Crippen LogP contribution < -0.4 is 0 Å². The first-order valence-electron chi connectivity index (χ1n) is 6.97. The zero-order chi connectivity index (χ0) is 14.4. The number of nitro benzene ring substituents is 1. The quantitative estimate of drug-likeness (QED) is 0.533. The third-order valence-corrected chi connectivity index (χ3v) is 5.10. The largest absolute Gasteiger partial charge is 0.294 e. The maximum Gasteiger partial charge on any atom is 0.278 e. The molecule has 0 N–H and O–H groups in total. The number of para-hydroxylation sites is 1. The van der Waals surface area contributed by atoms with E-state index in [4.69, 9.17) is 0 Å². The van der Waals surface area contributed by atoms with Crippen LogP contribution in [0.2, 0.25) is 0 Å². The lowest BCUT2D eigenvalue weighted by molar-refractivity contribution is -0.384. The minimum absolute atomic E-state index is 0.108. The second-order valence-electron chi connectivity index (χ2n) is 5.23. The van der Waals surface area contributed by atoms with Crippen molar-refractivity contribution in [3.63, 3.8) is 0 Å². The molecule has 0 saturated carbocycles. The van der Waals surface area contributed by atoms with Gasteiger partial charge >= 0.3 is 0 Å². The maximum absolute atomic E-state index is 11.2. The smallest absolute Gasteiger partial charge is 0.278 e. The van der Waals surface area contributed by atoms with Crippen LogP contribution in [0.15, 0.2) is 30.5 Å². The highest BCUT2D eigenvalue weighted by molar-refractivity contribution is 7.17. The van der Waals surface area contributed by atoms with Crippen molar-refractivity contribution in [1.29, 1.82) is 0 Å². The van der Waals surface area contributed by atoms with Gasteiger partial charge in [0, 0.05) is 22.8 Å². The Morgan fingerprint density at radius 3 is 2.90 bits per heavy atom. The highest BCUT2D eigenvalue weighted by Gasteiger charge is 2.21. The minimum atomic E-state index is -0.349. The monoisotopic (exact) mass is 299 g/mol. The van der Waals surface area contributed by atoms with Crippen molar-refractivity contribution in [2.75, 3.05) is 0 Å². The molecule has 106 valence electrons. The summed E-state index contributed by atoms with van der Waals surface area (Å²) in [6, 6.07) is 6.78. The molecule has 2 aromatic heterocycles. The van der Waals surface area contributed by atoms with Gasteiger partial charge in [0.05, 0.1) is 16.2 Å². The van der Waals surface area contributed by atoms with E-state index in [0.29, 0.717) is 11.3 Å². The van der Waals surface area contributed by atoms with Crippen LogP contribution in [0, 0.1) is 10.1 Å². The molecule has 0 saturated heterocycles. The Bertz CT molecular complexity index is 850. The van der Waals surface area contributed by atoms with Crippen molar-refractivity contribution in [2.24, 2.45) is 0 Å². The van der Waals surface area contributed by atoms with Gasteiger partial charge in [-0.05, 0) is 31.7 Å². The fourth-order valence-electron chi connectivity index (χ4n) is 2.94. The number of hydrogen-bond acceptors (Lipinski definition) is 4. The van der Waals surface area contributed by atoms with E-state index in [1.807, 2.05) is 12.3 Å². The molecule has 5 nitrogen and oxygen atoms in total. The van der Waals surface area contributed by atoms with Crippen molar-refractivity contribution in [2.45, 2.75) is 25.7 Å². The van der Waals surface area contributed by atoms with Crippen molar-refractivity contribution >= 4 is 22.0 Å². The van der Waals surface area contributed by atoms with Crippen molar-refractivity contribution in [3.8, 4) is 11.3 Å². The van der Waals surface area contributed by atoms with Crippen LogP contribution in [0.25, 0.3) is 16.2 Å². The molecule has 1 aliphatic rings. The summed E-state index contributed by atoms with van der Waals surface area (Å²) in [6.07, 6.45) is 6.59. The van der Waals surface area contributed by atoms with Gasteiger partial charge in [0.1, 0.15) is 0 Å². The van der Waals surface area contributed by atoms with E-state index in [0.717, 1.165) is 17.8 Å². The number of nitro groups is 1. The molecule has 2 heterocycles. The topological polar surface area (TPSA) is 60.4 Å². The third kappa shape index (κ3) is 1.94. The van der Waals surface area contributed by atoms with Crippen LogP contribution in [0.5, 0.6) is 0 Å². The predicted octanol–water partition coefficient (Wildman–Crippen LogP) is 3.85. The van der Waals surface area contributed by atoms with E-state index in [1.54, 1.807) is 23.5 Å². The molecule has 0 spiro atoms. The number of rotatable bonds is 2. The first-order valence-corrected chi connectivity index (χ1v) is 7.79. The fourth-order valence-corrected chi connectivity index (χ4v) is 4.13. The molecule has 6 heteroatoms. The number of thiazole rings is 1. The van der Waals surface area contributed by atoms with Gasteiger partial charge in [-0.1, -0.05) is 12.1 Å². The van der Waals surface area contributed by atoms with Crippen LogP contribution in [0.3, 0.4) is 0 Å². The second-order valence-corrected chi connectivity index (χ2v) is 6.29. The normalized spacial score (nSPS) is 14.3. The average Bonchev–Trinajstić information content (AvgIpc) is 3.04. The molecule has 0 aliphatic heterocycles. The van der Waals surface area contributed by atoms with Gasteiger partial charge in [0.15, 0.2) is 4.96 Å². The number of aromatic nitrogens is 2. The Labute approximate surface area is 125 Å². The first-order chi connectivity index (χ1) is 10.2. The molecule has 0 amide bonds. The number of nitrogens with zero attached hydrogens (tertiary/aromatic N) is 3. The Morgan fingerprint density at radius 2 is 2.05 bits per heavy atom. The van der Waals surface area contributed by atoms with Crippen LogP contribution in [0.4, 0.5) is 5.69 Å². The molecule has 3 aromatic rings. The predicted molar refractivity (Wildman–Crippen MR) is 81.8 cm³/mol. The average molecular weight is 299 g/mol. The van der Waals surface area contributed by atoms with Gasteiger partial charge in [0.2, 0.25) is 0 Å². The SMILES string of the molecule is O=[N+]([O-])c1ccccc1-c1cn2c3c(sc2n1)CCCC3. The molecule has 0 fully saturated rings. The van der Waals surface area contributed by atoms with E-state index in [2.05, 4.69) is 9.38 Å². The fraction of sp³-hybridized carbons (Fsp3) is 0.267. The number of fused-ring (bicyclic) bond motifs is 3. The lowest BCUT2D eigenvalue weighted by atomic mass is 10.0. The summed E-state index contributed by atoms with van der Waals surface area (Å²) >= 11 is 1.71.